The first-order valence-corrected chi connectivity index (χ1v) is 13.8. The number of aromatic nitrogens is 1. The fourth-order valence-corrected chi connectivity index (χ4v) is 6.75. The minimum atomic E-state index is -0.00714. The third-order valence-corrected chi connectivity index (χ3v) is 9.18. The highest BCUT2D eigenvalue weighted by Crippen LogP contribution is 2.42. The van der Waals surface area contributed by atoms with Gasteiger partial charge in [0.25, 0.3) is 11.8 Å². The predicted molar refractivity (Wildman–Crippen MR) is 149 cm³/mol. The lowest BCUT2D eigenvalue weighted by Gasteiger charge is -2.40. The average molecular weight is 509 g/mol. The Labute approximate surface area is 225 Å². The van der Waals surface area contributed by atoms with Gasteiger partial charge in [-0.25, -0.2) is 0 Å². The molecule has 1 atom stereocenters. The highest BCUT2D eigenvalue weighted by molar-refractivity contribution is 5.96. The lowest BCUT2D eigenvalue weighted by Crippen LogP contribution is -2.42. The zero-order valence-corrected chi connectivity index (χ0v) is 22.4. The summed E-state index contributed by atoms with van der Waals surface area (Å²) in [5.74, 6) is 0.164. The van der Waals surface area contributed by atoms with Gasteiger partial charge in [0.1, 0.15) is 0 Å². The number of nitrogens with zero attached hydrogens (tertiary/aromatic N) is 4. The number of fused-ring (bicyclic) bond motifs is 1. The van der Waals surface area contributed by atoms with Crippen molar-refractivity contribution in [2.45, 2.75) is 45.1 Å². The molecule has 0 N–H and O–H groups in total. The second-order valence-electron chi connectivity index (χ2n) is 11.4. The quantitative estimate of drug-likeness (QED) is 0.481. The van der Waals surface area contributed by atoms with Crippen LogP contribution in [0, 0.1) is 12.3 Å². The Hall–Kier alpha value is -3.67. The molecule has 6 rings (SSSR count). The van der Waals surface area contributed by atoms with Crippen LogP contribution in [0.1, 0.15) is 69.1 Å². The number of amides is 2. The largest absolute Gasteiger partial charge is 0.371 e. The number of pyridine rings is 1. The van der Waals surface area contributed by atoms with Gasteiger partial charge in [0, 0.05) is 62.4 Å². The van der Waals surface area contributed by atoms with Gasteiger partial charge in [0.05, 0.1) is 6.04 Å². The topological polar surface area (TPSA) is 56.8 Å². The van der Waals surface area contributed by atoms with Crippen LogP contribution in [-0.2, 0) is 6.42 Å². The molecule has 1 aliphatic carbocycles. The van der Waals surface area contributed by atoms with Crippen molar-refractivity contribution in [1.82, 2.24) is 14.8 Å². The molecular formula is C32H36N4O2. The van der Waals surface area contributed by atoms with Gasteiger partial charge in [-0.1, -0.05) is 24.3 Å². The third-order valence-electron chi connectivity index (χ3n) is 9.18. The molecular weight excluding hydrogens is 472 g/mol. The predicted octanol–water partition coefficient (Wildman–Crippen LogP) is 5.28. The highest BCUT2D eigenvalue weighted by atomic mass is 16.2. The Bertz CT molecular complexity index is 1350. The molecule has 6 nitrogen and oxygen atoms in total. The molecule has 0 bridgehead atoms. The minimum absolute atomic E-state index is 0.00714. The van der Waals surface area contributed by atoms with Gasteiger partial charge >= 0.3 is 0 Å². The number of aryl methyl sites for hydroxylation is 2. The Morgan fingerprint density at radius 3 is 2.47 bits per heavy atom. The first kappa shape index (κ1) is 24.7. The first-order chi connectivity index (χ1) is 18.4. The smallest absolute Gasteiger partial charge is 0.254 e. The number of hydrogen-bond donors (Lipinski definition) is 0. The van der Waals surface area contributed by atoms with Gasteiger partial charge in [-0.3, -0.25) is 14.6 Å². The molecule has 2 aliphatic heterocycles. The number of carbonyl (C=O) groups is 2. The SMILES string of the molecule is Cc1ccccc1C(=O)N(C)C1CCc2ccc(C(=O)N3CCC4(CCN(c5ccncc5)CC4)C3)cc21. The van der Waals surface area contributed by atoms with E-state index in [2.05, 4.69) is 39.0 Å². The maximum atomic E-state index is 13.7. The van der Waals surface area contributed by atoms with Crippen LogP contribution < -0.4 is 4.90 Å². The number of likely N-dealkylation sites (tertiary alicyclic amines) is 1. The van der Waals surface area contributed by atoms with E-state index in [-0.39, 0.29) is 23.3 Å². The summed E-state index contributed by atoms with van der Waals surface area (Å²) < 4.78 is 0. The van der Waals surface area contributed by atoms with Crippen molar-refractivity contribution >= 4 is 17.5 Å². The third kappa shape index (κ3) is 4.46. The van der Waals surface area contributed by atoms with Crippen LogP contribution >= 0.6 is 0 Å². The summed E-state index contributed by atoms with van der Waals surface area (Å²) in [6.45, 7) is 5.68. The lowest BCUT2D eigenvalue weighted by atomic mass is 9.77. The number of piperidine rings is 1. The number of benzene rings is 2. The number of anilines is 1. The number of hydrogen-bond acceptors (Lipinski definition) is 4. The molecule has 0 radical (unpaired) electrons. The van der Waals surface area contributed by atoms with Gasteiger partial charge in [-0.05, 0) is 91.5 Å². The van der Waals surface area contributed by atoms with Crippen LogP contribution in [0.15, 0.2) is 67.0 Å². The summed E-state index contributed by atoms with van der Waals surface area (Å²) in [7, 11) is 1.89. The van der Waals surface area contributed by atoms with Gasteiger partial charge in [-0.15, -0.1) is 0 Å². The van der Waals surface area contributed by atoms with Crippen LogP contribution in [0.2, 0.25) is 0 Å². The van der Waals surface area contributed by atoms with Crippen LogP contribution in [0.4, 0.5) is 5.69 Å². The van der Waals surface area contributed by atoms with E-state index in [0.29, 0.717) is 0 Å². The minimum Gasteiger partial charge on any atom is -0.371 e. The summed E-state index contributed by atoms with van der Waals surface area (Å²) in [6, 6.07) is 18.1. The average Bonchev–Trinajstić information content (AvgIpc) is 3.57. The zero-order chi connectivity index (χ0) is 26.3. The molecule has 196 valence electrons. The van der Waals surface area contributed by atoms with Gasteiger partial charge < -0.3 is 14.7 Å². The molecule has 1 unspecified atom stereocenters. The maximum Gasteiger partial charge on any atom is 0.254 e. The number of carbonyl (C=O) groups excluding carboxylic acids is 2. The van der Waals surface area contributed by atoms with Crippen molar-refractivity contribution < 1.29 is 9.59 Å². The molecule has 1 spiro atoms. The number of rotatable bonds is 4. The van der Waals surface area contributed by atoms with Crippen molar-refractivity contribution in [3.63, 3.8) is 0 Å². The highest BCUT2D eigenvalue weighted by Gasteiger charge is 2.42. The summed E-state index contributed by atoms with van der Waals surface area (Å²) >= 11 is 0. The first-order valence-electron chi connectivity index (χ1n) is 13.8. The molecule has 2 amide bonds. The standard InChI is InChI=1S/C32H36N4O2/c1-23-5-3-4-6-27(23)31(38)34(2)29-10-9-24-7-8-25(21-28(24)29)30(37)36-20-15-32(22-36)13-18-35(19-14-32)26-11-16-33-17-12-26/h3-8,11-12,16-17,21,29H,9-10,13-15,18-20,22H2,1-2H3. The van der Waals surface area contributed by atoms with E-state index in [1.165, 1.54) is 11.3 Å². The fraction of sp³-hybridized carbons (Fsp3) is 0.406. The van der Waals surface area contributed by atoms with Crippen molar-refractivity contribution in [2.75, 3.05) is 38.1 Å². The van der Waals surface area contributed by atoms with E-state index in [1.807, 2.05) is 61.6 Å². The van der Waals surface area contributed by atoms with Crippen LogP contribution in [-0.4, -0.2) is 59.8 Å². The molecule has 6 heteroatoms. The monoisotopic (exact) mass is 508 g/mol. The summed E-state index contributed by atoms with van der Waals surface area (Å²) in [4.78, 5) is 37.5. The van der Waals surface area contributed by atoms with E-state index in [9.17, 15) is 9.59 Å². The molecule has 2 aromatic carbocycles. The van der Waals surface area contributed by atoms with Gasteiger partial charge in [0.15, 0.2) is 0 Å². The van der Waals surface area contributed by atoms with Crippen LogP contribution in [0.3, 0.4) is 0 Å². The van der Waals surface area contributed by atoms with Crippen molar-refractivity contribution in [1.29, 1.82) is 0 Å². The molecule has 1 aromatic heterocycles. The van der Waals surface area contributed by atoms with Crippen molar-refractivity contribution in [3.05, 3.63) is 94.8 Å². The normalized spacial score (nSPS) is 20.0. The zero-order valence-electron chi connectivity index (χ0n) is 22.4. The summed E-state index contributed by atoms with van der Waals surface area (Å²) in [5.41, 5.74) is 6.31. The Kier molecular flexibility index (Phi) is 6.42. The summed E-state index contributed by atoms with van der Waals surface area (Å²) in [5, 5.41) is 0. The Morgan fingerprint density at radius 2 is 1.71 bits per heavy atom. The molecule has 3 aliphatic rings. The molecule has 0 saturated carbocycles. The molecule has 3 aromatic rings. The molecule has 38 heavy (non-hydrogen) atoms. The van der Waals surface area contributed by atoms with Crippen molar-refractivity contribution in [2.24, 2.45) is 5.41 Å². The lowest BCUT2D eigenvalue weighted by molar-refractivity contribution is 0.0730. The fourth-order valence-electron chi connectivity index (χ4n) is 6.75. The Morgan fingerprint density at radius 1 is 0.974 bits per heavy atom. The van der Waals surface area contributed by atoms with E-state index < -0.39 is 0 Å². The van der Waals surface area contributed by atoms with E-state index >= 15 is 0 Å². The van der Waals surface area contributed by atoms with Crippen molar-refractivity contribution in [3.8, 4) is 0 Å². The van der Waals surface area contributed by atoms with Gasteiger partial charge in [-0.2, -0.15) is 0 Å². The summed E-state index contributed by atoms with van der Waals surface area (Å²) in [6.07, 6.45) is 8.82. The molecule has 2 fully saturated rings. The van der Waals surface area contributed by atoms with E-state index in [1.54, 1.807) is 0 Å². The second kappa shape index (κ2) is 9.90. The maximum absolute atomic E-state index is 13.7. The Balaban J connectivity index is 1.14. The molecule has 2 saturated heterocycles. The molecule has 3 heterocycles. The van der Waals surface area contributed by atoms with Gasteiger partial charge in [0.2, 0.25) is 0 Å². The van der Waals surface area contributed by atoms with E-state index in [0.717, 1.165) is 80.5 Å². The van der Waals surface area contributed by atoms with E-state index in [4.69, 9.17) is 0 Å². The second-order valence-corrected chi connectivity index (χ2v) is 11.4. The van der Waals surface area contributed by atoms with Crippen LogP contribution in [0.5, 0.6) is 0 Å². The van der Waals surface area contributed by atoms with Crippen LogP contribution in [0.25, 0.3) is 0 Å².